The maximum absolute atomic E-state index is 13.3. The van der Waals surface area contributed by atoms with Crippen molar-refractivity contribution in [1.29, 1.82) is 0 Å². The van der Waals surface area contributed by atoms with Crippen LogP contribution >= 0.6 is 0 Å². The number of imidazole rings is 1. The highest BCUT2D eigenvalue weighted by atomic mass is 16.5. The monoisotopic (exact) mass is 537 g/mol. The van der Waals surface area contributed by atoms with E-state index < -0.39 is 23.1 Å². The Hall–Kier alpha value is -5.55. The lowest BCUT2D eigenvalue weighted by Gasteiger charge is -2.16. The Morgan fingerprint density at radius 3 is 2.17 bits per heavy atom. The number of rotatable bonds is 6. The van der Waals surface area contributed by atoms with Gasteiger partial charge in [0, 0.05) is 25.7 Å². The molecular weight excluding hydrogens is 514 g/mol. The standard InChI is InChI=1S/C29H23N5O6/c1-5-14-34-28(37)24-25(30-23(31(24)2)13-11-18-10-12-21(39-3)22(17-18)40-4)32(29(34)38)15-16-33-26(35)19-8-6-7-9-20(19)27(33)36/h1,6-10,12,17H,14-16H2,2-4H3. The average molecular weight is 538 g/mol. The second-order valence-corrected chi connectivity index (χ2v) is 8.82. The number of hydrogen-bond donors (Lipinski definition) is 0. The SMILES string of the molecule is C#CCn1c(=O)c2c(nc(C#Cc3ccc(OC)c(OC)c3)n2C)n(CCN2C(=O)c3ccccc3C2=O)c1=O. The lowest BCUT2D eigenvalue weighted by Crippen LogP contribution is -2.42. The molecule has 3 heterocycles. The van der Waals surface area contributed by atoms with E-state index in [1.54, 1.807) is 49.5 Å². The van der Waals surface area contributed by atoms with Crippen LogP contribution in [0.1, 0.15) is 32.1 Å². The molecule has 4 aromatic rings. The first-order valence-electron chi connectivity index (χ1n) is 12.1. The molecule has 0 N–H and O–H groups in total. The molecule has 0 saturated heterocycles. The molecule has 2 aromatic carbocycles. The van der Waals surface area contributed by atoms with E-state index in [0.29, 0.717) is 28.2 Å². The van der Waals surface area contributed by atoms with Gasteiger partial charge in [0.05, 0.1) is 31.9 Å². The molecule has 0 fully saturated rings. The van der Waals surface area contributed by atoms with Gasteiger partial charge in [-0.25, -0.2) is 14.3 Å². The van der Waals surface area contributed by atoms with Crippen molar-refractivity contribution in [2.45, 2.75) is 13.1 Å². The molecule has 5 rings (SSSR count). The Labute approximate surface area is 228 Å². The summed E-state index contributed by atoms with van der Waals surface area (Å²) in [6, 6.07) is 11.7. The van der Waals surface area contributed by atoms with Crippen LogP contribution in [0, 0.1) is 24.2 Å². The first-order chi connectivity index (χ1) is 19.3. The first kappa shape index (κ1) is 26.1. The van der Waals surface area contributed by atoms with Crippen molar-refractivity contribution in [2.24, 2.45) is 7.05 Å². The molecule has 0 saturated carbocycles. The van der Waals surface area contributed by atoms with Gasteiger partial charge in [-0.05, 0) is 36.3 Å². The van der Waals surface area contributed by atoms with Crippen LogP contribution in [0.25, 0.3) is 11.2 Å². The van der Waals surface area contributed by atoms with Crippen molar-refractivity contribution in [1.82, 2.24) is 23.6 Å². The maximum atomic E-state index is 13.3. The van der Waals surface area contributed by atoms with E-state index in [4.69, 9.17) is 15.9 Å². The topological polar surface area (TPSA) is 118 Å². The van der Waals surface area contributed by atoms with Gasteiger partial charge in [0.15, 0.2) is 28.5 Å². The Kier molecular flexibility index (Phi) is 6.72. The Bertz CT molecular complexity index is 1890. The molecular formula is C29H23N5O6. The van der Waals surface area contributed by atoms with Crippen LogP contribution in [0.15, 0.2) is 52.1 Å². The summed E-state index contributed by atoms with van der Waals surface area (Å²) in [5.74, 6) is 8.60. The number of aryl methyl sites for hydroxylation is 1. The summed E-state index contributed by atoms with van der Waals surface area (Å²) in [6.07, 6.45) is 5.43. The van der Waals surface area contributed by atoms with E-state index in [2.05, 4.69) is 22.7 Å². The molecule has 11 nitrogen and oxygen atoms in total. The minimum Gasteiger partial charge on any atom is -0.493 e. The van der Waals surface area contributed by atoms with E-state index in [-0.39, 0.29) is 36.6 Å². The van der Waals surface area contributed by atoms with Crippen molar-refractivity contribution in [2.75, 3.05) is 20.8 Å². The molecule has 0 bridgehead atoms. The summed E-state index contributed by atoms with van der Waals surface area (Å²) in [5.41, 5.74) is 0.0552. The number of aromatic nitrogens is 4. The predicted molar refractivity (Wildman–Crippen MR) is 145 cm³/mol. The van der Waals surface area contributed by atoms with Crippen molar-refractivity contribution in [3.8, 4) is 35.7 Å². The molecule has 0 unspecified atom stereocenters. The van der Waals surface area contributed by atoms with Crippen LogP contribution in [0.5, 0.6) is 11.5 Å². The number of methoxy groups -OCH3 is 2. The lowest BCUT2D eigenvalue weighted by atomic mass is 10.1. The van der Waals surface area contributed by atoms with Gasteiger partial charge in [-0.1, -0.05) is 24.0 Å². The highest BCUT2D eigenvalue weighted by Gasteiger charge is 2.35. The number of amides is 2. The molecule has 0 atom stereocenters. The molecule has 0 radical (unpaired) electrons. The van der Waals surface area contributed by atoms with E-state index in [1.165, 1.54) is 23.4 Å². The Morgan fingerprint density at radius 1 is 0.875 bits per heavy atom. The molecule has 200 valence electrons. The number of nitrogens with zero attached hydrogens (tertiary/aromatic N) is 5. The number of carbonyl (C=O) groups is 2. The van der Waals surface area contributed by atoms with Crippen molar-refractivity contribution < 1.29 is 19.1 Å². The van der Waals surface area contributed by atoms with Gasteiger partial charge in [-0.2, -0.15) is 0 Å². The molecule has 1 aliphatic heterocycles. The molecule has 11 heteroatoms. The molecule has 2 aromatic heterocycles. The second-order valence-electron chi connectivity index (χ2n) is 8.82. The third-order valence-electron chi connectivity index (χ3n) is 6.62. The fourth-order valence-electron chi connectivity index (χ4n) is 4.59. The minimum atomic E-state index is -0.704. The lowest BCUT2D eigenvalue weighted by molar-refractivity contribution is 0.0648. The number of imide groups is 1. The molecule has 1 aliphatic rings. The second kappa shape index (κ2) is 10.3. The zero-order valence-electron chi connectivity index (χ0n) is 21.9. The number of carbonyl (C=O) groups excluding carboxylic acids is 2. The molecule has 2 amide bonds. The predicted octanol–water partition coefficient (Wildman–Crippen LogP) is 1.24. The summed E-state index contributed by atoms with van der Waals surface area (Å²) < 4.78 is 14.2. The van der Waals surface area contributed by atoms with E-state index >= 15 is 0 Å². The van der Waals surface area contributed by atoms with Crippen molar-refractivity contribution in [3.05, 3.63) is 85.8 Å². The third-order valence-corrected chi connectivity index (χ3v) is 6.62. The van der Waals surface area contributed by atoms with Gasteiger partial charge >= 0.3 is 5.69 Å². The van der Waals surface area contributed by atoms with Crippen molar-refractivity contribution in [3.63, 3.8) is 0 Å². The number of ether oxygens (including phenoxy) is 2. The highest BCUT2D eigenvalue weighted by Crippen LogP contribution is 2.27. The fourth-order valence-corrected chi connectivity index (χ4v) is 4.59. The van der Waals surface area contributed by atoms with Crippen LogP contribution in [-0.4, -0.2) is 56.2 Å². The van der Waals surface area contributed by atoms with Crippen LogP contribution in [0.4, 0.5) is 0 Å². The van der Waals surface area contributed by atoms with Crippen molar-refractivity contribution >= 4 is 23.0 Å². The zero-order valence-corrected chi connectivity index (χ0v) is 21.9. The van der Waals surface area contributed by atoms with E-state index in [9.17, 15) is 19.2 Å². The minimum absolute atomic E-state index is 0.0685. The van der Waals surface area contributed by atoms with Gasteiger partial charge < -0.3 is 14.0 Å². The highest BCUT2D eigenvalue weighted by molar-refractivity contribution is 6.21. The summed E-state index contributed by atoms with van der Waals surface area (Å²) in [6.45, 7) is -0.484. The zero-order chi connectivity index (χ0) is 28.6. The van der Waals surface area contributed by atoms with Crippen LogP contribution in [0.3, 0.4) is 0 Å². The largest absolute Gasteiger partial charge is 0.493 e. The van der Waals surface area contributed by atoms with Crippen LogP contribution < -0.4 is 20.7 Å². The Morgan fingerprint density at radius 2 is 1.55 bits per heavy atom. The normalized spacial score (nSPS) is 12.2. The van der Waals surface area contributed by atoms with Gasteiger partial charge in [0.1, 0.15) is 0 Å². The first-order valence-corrected chi connectivity index (χ1v) is 12.1. The van der Waals surface area contributed by atoms with Crippen LogP contribution in [-0.2, 0) is 20.1 Å². The summed E-state index contributed by atoms with van der Waals surface area (Å²) in [7, 11) is 4.65. The van der Waals surface area contributed by atoms with Gasteiger partial charge in [-0.15, -0.1) is 6.42 Å². The number of hydrogen-bond acceptors (Lipinski definition) is 7. The van der Waals surface area contributed by atoms with Gasteiger partial charge in [-0.3, -0.25) is 23.9 Å². The van der Waals surface area contributed by atoms with Crippen LogP contribution in [0.2, 0.25) is 0 Å². The van der Waals surface area contributed by atoms with E-state index in [1.807, 2.05) is 0 Å². The third kappa shape index (κ3) is 4.20. The molecule has 0 spiro atoms. The maximum Gasteiger partial charge on any atom is 0.333 e. The number of benzene rings is 2. The number of terminal acetylenes is 1. The van der Waals surface area contributed by atoms with Gasteiger partial charge in [0.25, 0.3) is 17.4 Å². The van der Waals surface area contributed by atoms with E-state index in [0.717, 1.165) is 9.47 Å². The summed E-state index contributed by atoms with van der Waals surface area (Å²) in [4.78, 5) is 57.9. The summed E-state index contributed by atoms with van der Waals surface area (Å²) >= 11 is 0. The Balaban J connectivity index is 1.57. The van der Waals surface area contributed by atoms with Gasteiger partial charge in [0.2, 0.25) is 0 Å². The quantitative estimate of drug-likeness (QED) is 0.268. The number of fused-ring (bicyclic) bond motifs is 2. The average Bonchev–Trinajstić information content (AvgIpc) is 3.42. The molecule has 0 aliphatic carbocycles. The smallest absolute Gasteiger partial charge is 0.333 e. The summed E-state index contributed by atoms with van der Waals surface area (Å²) in [5, 5.41) is 0. The molecule has 40 heavy (non-hydrogen) atoms. The fraction of sp³-hybridized carbons (Fsp3) is 0.207.